The molecule has 0 aromatic heterocycles. The number of aromatic hydroxyl groups is 3. The van der Waals surface area contributed by atoms with E-state index in [9.17, 15) is 0 Å². The maximum absolute atomic E-state index is 8.71. The summed E-state index contributed by atoms with van der Waals surface area (Å²) in [5.74, 6) is -1.09. The van der Waals surface area contributed by atoms with Crippen LogP contribution in [0.5, 0.6) is 17.2 Å². The second kappa shape index (κ2) is 3.82. The van der Waals surface area contributed by atoms with Gasteiger partial charge in [-0.2, -0.15) is 0 Å². The molecule has 0 atom stereocenters. The summed E-state index contributed by atoms with van der Waals surface area (Å²) in [7, 11) is 0. The lowest BCUT2D eigenvalue weighted by molar-refractivity contribution is 0.368. The minimum Gasteiger partial charge on any atom is -0.504 e. The van der Waals surface area contributed by atoms with Gasteiger partial charge in [-0.05, 0) is 12.1 Å². The van der Waals surface area contributed by atoms with E-state index in [0.29, 0.717) is 0 Å². The third-order valence-corrected chi connectivity index (χ3v) is 1.20. The SMILES string of the molecule is C1CO1.Oc1cccc(O)c1O. The van der Waals surface area contributed by atoms with E-state index in [2.05, 4.69) is 4.74 Å². The number of rotatable bonds is 0. The van der Waals surface area contributed by atoms with Crippen molar-refractivity contribution < 1.29 is 20.1 Å². The molecule has 1 aliphatic rings. The maximum Gasteiger partial charge on any atom is 0.200 e. The molecule has 3 N–H and O–H groups in total. The Morgan fingerprint density at radius 2 is 1.42 bits per heavy atom. The minimum absolute atomic E-state index is 0.310. The van der Waals surface area contributed by atoms with Gasteiger partial charge in [-0.25, -0.2) is 0 Å². The zero-order valence-electron chi connectivity index (χ0n) is 6.40. The van der Waals surface area contributed by atoms with Crippen LogP contribution in [0, 0.1) is 0 Å². The molecule has 1 aliphatic heterocycles. The van der Waals surface area contributed by atoms with Crippen LogP contribution in [0.1, 0.15) is 0 Å². The number of phenolic OH excluding ortho intramolecular Hbond substituents is 3. The summed E-state index contributed by atoms with van der Waals surface area (Å²) >= 11 is 0. The smallest absolute Gasteiger partial charge is 0.200 e. The first-order chi connectivity index (χ1) is 5.72. The Bertz CT molecular complexity index is 234. The van der Waals surface area contributed by atoms with Crippen LogP contribution in [0.25, 0.3) is 0 Å². The van der Waals surface area contributed by atoms with Crippen molar-refractivity contribution in [2.75, 3.05) is 13.2 Å². The van der Waals surface area contributed by atoms with Gasteiger partial charge in [0.05, 0.1) is 13.2 Å². The molecule has 1 fully saturated rings. The molecule has 1 heterocycles. The molecular formula is C8H10O4. The van der Waals surface area contributed by atoms with Gasteiger partial charge in [-0.3, -0.25) is 0 Å². The third kappa shape index (κ3) is 2.67. The van der Waals surface area contributed by atoms with Gasteiger partial charge in [-0.1, -0.05) is 6.07 Å². The molecule has 0 amide bonds. The maximum atomic E-state index is 8.71. The van der Waals surface area contributed by atoms with Crippen molar-refractivity contribution in [2.24, 2.45) is 0 Å². The average Bonchev–Trinajstić information content (AvgIpc) is 2.85. The Morgan fingerprint density at radius 1 is 1.00 bits per heavy atom. The normalized spacial score (nSPS) is 13.0. The molecule has 12 heavy (non-hydrogen) atoms. The van der Waals surface area contributed by atoms with Gasteiger partial charge in [0.15, 0.2) is 17.2 Å². The first-order valence-corrected chi connectivity index (χ1v) is 3.49. The molecule has 0 radical (unpaired) electrons. The van der Waals surface area contributed by atoms with Crippen LogP contribution in [0.15, 0.2) is 18.2 Å². The van der Waals surface area contributed by atoms with Crippen molar-refractivity contribution in [3.05, 3.63) is 18.2 Å². The van der Waals surface area contributed by atoms with Crippen molar-refractivity contribution in [2.45, 2.75) is 0 Å². The zero-order valence-corrected chi connectivity index (χ0v) is 6.40. The van der Waals surface area contributed by atoms with Crippen LogP contribution >= 0.6 is 0 Å². The number of hydrogen-bond acceptors (Lipinski definition) is 4. The lowest BCUT2D eigenvalue weighted by atomic mass is 10.3. The van der Waals surface area contributed by atoms with Crippen molar-refractivity contribution >= 4 is 0 Å². The number of hydrogen-bond donors (Lipinski definition) is 3. The standard InChI is InChI=1S/C6H6O3.C2H4O/c7-4-2-1-3-5(8)6(4)9;1-2-3-1/h1-3,7-9H;1-2H2. The van der Waals surface area contributed by atoms with E-state index in [-0.39, 0.29) is 11.5 Å². The summed E-state index contributed by atoms with van der Waals surface area (Å²) in [5.41, 5.74) is 0. The molecule has 1 aromatic carbocycles. The van der Waals surface area contributed by atoms with Crippen molar-refractivity contribution in [3.63, 3.8) is 0 Å². The Labute approximate surface area is 69.7 Å². The number of ether oxygens (including phenoxy) is 1. The van der Waals surface area contributed by atoms with Gasteiger partial charge in [0.25, 0.3) is 0 Å². The van der Waals surface area contributed by atoms with E-state index in [1.807, 2.05) is 0 Å². The fourth-order valence-electron chi connectivity index (χ4n) is 0.519. The summed E-state index contributed by atoms with van der Waals surface area (Å²) in [5, 5.41) is 26.1. The molecule has 1 aromatic rings. The molecular weight excluding hydrogens is 160 g/mol. The van der Waals surface area contributed by atoms with Gasteiger partial charge >= 0.3 is 0 Å². The van der Waals surface area contributed by atoms with Crippen LogP contribution in [0.4, 0.5) is 0 Å². The van der Waals surface area contributed by atoms with Crippen molar-refractivity contribution in [3.8, 4) is 17.2 Å². The van der Waals surface area contributed by atoms with E-state index < -0.39 is 5.75 Å². The lowest BCUT2D eigenvalue weighted by Gasteiger charge is -1.96. The summed E-state index contributed by atoms with van der Waals surface area (Å²) in [6.45, 7) is 2.00. The predicted molar refractivity (Wildman–Crippen MR) is 42.3 cm³/mol. The molecule has 0 spiro atoms. The molecule has 1 saturated heterocycles. The van der Waals surface area contributed by atoms with Crippen molar-refractivity contribution in [1.29, 1.82) is 0 Å². The highest BCUT2D eigenvalue weighted by Gasteiger charge is 2.00. The molecule has 0 unspecified atom stereocenters. The Hall–Kier alpha value is -1.42. The van der Waals surface area contributed by atoms with E-state index in [1.165, 1.54) is 18.2 Å². The molecule has 0 aliphatic carbocycles. The molecule has 0 saturated carbocycles. The Morgan fingerprint density at radius 3 is 1.67 bits per heavy atom. The minimum atomic E-state index is -0.475. The van der Waals surface area contributed by atoms with Crippen molar-refractivity contribution in [1.82, 2.24) is 0 Å². The highest BCUT2D eigenvalue weighted by molar-refractivity contribution is 5.47. The molecule has 2 rings (SSSR count). The second-order valence-electron chi connectivity index (χ2n) is 2.26. The van der Waals surface area contributed by atoms with Gasteiger partial charge in [0, 0.05) is 0 Å². The van der Waals surface area contributed by atoms with E-state index in [1.54, 1.807) is 0 Å². The fourth-order valence-corrected chi connectivity index (χ4v) is 0.519. The largest absolute Gasteiger partial charge is 0.504 e. The van der Waals surface area contributed by atoms with Gasteiger partial charge in [-0.15, -0.1) is 0 Å². The molecule has 4 heteroatoms. The Kier molecular flexibility index (Phi) is 2.76. The number of para-hydroxylation sites is 1. The highest BCUT2D eigenvalue weighted by Crippen LogP contribution is 2.32. The lowest BCUT2D eigenvalue weighted by Crippen LogP contribution is -1.67. The van der Waals surface area contributed by atoms with Gasteiger partial charge in [0.1, 0.15) is 0 Å². The summed E-state index contributed by atoms with van der Waals surface area (Å²) in [6.07, 6.45) is 0. The average molecular weight is 170 g/mol. The van der Waals surface area contributed by atoms with Crippen LogP contribution in [0.3, 0.4) is 0 Å². The Balaban J connectivity index is 0.000000200. The van der Waals surface area contributed by atoms with E-state index in [4.69, 9.17) is 15.3 Å². The monoisotopic (exact) mass is 170 g/mol. The zero-order chi connectivity index (χ0) is 8.97. The molecule has 66 valence electrons. The quantitative estimate of drug-likeness (QED) is 0.398. The predicted octanol–water partition coefficient (Wildman–Crippen LogP) is 0.820. The van der Waals surface area contributed by atoms with Crippen LogP contribution in [0.2, 0.25) is 0 Å². The first-order valence-electron chi connectivity index (χ1n) is 3.49. The third-order valence-electron chi connectivity index (χ3n) is 1.20. The fraction of sp³-hybridized carbons (Fsp3) is 0.250. The van der Waals surface area contributed by atoms with Crippen LogP contribution in [-0.2, 0) is 4.74 Å². The number of benzene rings is 1. The topological polar surface area (TPSA) is 73.2 Å². The molecule has 4 nitrogen and oxygen atoms in total. The number of phenols is 3. The van der Waals surface area contributed by atoms with E-state index >= 15 is 0 Å². The van der Waals surface area contributed by atoms with Gasteiger partial charge < -0.3 is 20.1 Å². The van der Waals surface area contributed by atoms with Crippen LogP contribution in [-0.4, -0.2) is 28.5 Å². The van der Waals surface area contributed by atoms with Gasteiger partial charge in [0.2, 0.25) is 0 Å². The summed E-state index contributed by atoms with van der Waals surface area (Å²) in [4.78, 5) is 0. The highest BCUT2D eigenvalue weighted by atomic mass is 16.6. The molecule has 0 bridgehead atoms. The second-order valence-corrected chi connectivity index (χ2v) is 2.26. The summed E-state index contributed by atoms with van der Waals surface area (Å²) < 4.78 is 4.50. The number of epoxide rings is 1. The first kappa shape index (κ1) is 8.67. The van der Waals surface area contributed by atoms with Crippen LogP contribution < -0.4 is 0 Å². The van der Waals surface area contributed by atoms with E-state index in [0.717, 1.165) is 13.2 Å². The summed E-state index contributed by atoms with van der Waals surface area (Å²) in [6, 6.07) is 4.01.